The lowest BCUT2D eigenvalue weighted by Gasteiger charge is -2.26. The maximum Gasteiger partial charge on any atom is 0.223 e. The van der Waals surface area contributed by atoms with Gasteiger partial charge in [-0.3, -0.25) is 0 Å². The summed E-state index contributed by atoms with van der Waals surface area (Å²) in [5.74, 6) is 0.208. The van der Waals surface area contributed by atoms with Gasteiger partial charge in [-0.2, -0.15) is 0 Å². The molecule has 4 atom stereocenters. The third kappa shape index (κ3) is 3.60. The van der Waals surface area contributed by atoms with Crippen molar-refractivity contribution in [1.82, 2.24) is 0 Å². The van der Waals surface area contributed by atoms with Crippen LogP contribution in [0.5, 0.6) is 0 Å². The lowest BCUT2D eigenvalue weighted by atomic mass is 9.92. The highest BCUT2D eigenvalue weighted by atomic mass is 32.8. The lowest BCUT2D eigenvalue weighted by Crippen LogP contribution is -2.32. The SMILES string of the molecule is CP1[C@@H](CC(C)(C)C)OC(C(C)(C)C)[S+]1[O-]. The molecule has 1 saturated heterocycles. The van der Waals surface area contributed by atoms with Crippen molar-refractivity contribution in [2.45, 2.75) is 59.2 Å². The quantitative estimate of drug-likeness (QED) is 0.531. The first kappa shape index (κ1) is 14.8. The Kier molecular flexibility index (Phi) is 4.39. The molecule has 0 N–H and O–H groups in total. The highest BCUT2D eigenvalue weighted by Crippen LogP contribution is 2.59. The molecule has 0 spiro atoms. The fraction of sp³-hybridized carbons (Fsp3) is 1.00. The molecule has 0 radical (unpaired) electrons. The number of rotatable bonds is 1. The predicted molar refractivity (Wildman–Crippen MR) is 73.2 cm³/mol. The fourth-order valence-corrected chi connectivity index (χ4v) is 7.37. The van der Waals surface area contributed by atoms with Gasteiger partial charge in [0, 0.05) is 12.1 Å². The Balaban J connectivity index is 2.72. The van der Waals surface area contributed by atoms with Crippen LogP contribution in [-0.2, 0) is 15.5 Å². The molecule has 1 aliphatic rings. The van der Waals surface area contributed by atoms with Crippen LogP contribution in [0.1, 0.15) is 48.0 Å². The minimum absolute atomic E-state index is 0.0198. The van der Waals surface area contributed by atoms with Gasteiger partial charge in [-0.15, -0.1) is 0 Å². The maximum absolute atomic E-state index is 12.3. The van der Waals surface area contributed by atoms with Crippen LogP contribution in [0, 0.1) is 10.8 Å². The van der Waals surface area contributed by atoms with Gasteiger partial charge < -0.3 is 9.29 Å². The van der Waals surface area contributed by atoms with E-state index in [1.165, 1.54) is 0 Å². The topological polar surface area (TPSA) is 32.3 Å². The molecule has 0 aromatic heterocycles. The number of hydrogen-bond acceptors (Lipinski definition) is 2. The molecule has 1 fully saturated rings. The van der Waals surface area contributed by atoms with Crippen molar-refractivity contribution in [3.8, 4) is 0 Å². The van der Waals surface area contributed by atoms with E-state index < -0.39 is 17.9 Å². The van der Waals surface area contributed by atoms with Gasteiger partial charge in [0.2, 0.25) is 5.44 Å². The van der Waals surface area contributed by atoms with Crippen LogP contribution in [0.15, 0.2) is 0 Å². The van der Waals surface area contributed by atoms with Crippen LogP contribution in [-0.4, -0.2) is 22.5 Å². The second kappa shape index (κ2) is 4.76. The third-order valence-corrected chi connectivity index (χ3v) is 8.50. The zero-order chi connectivity index (χ0) is 12.7. The number of hydrogen-bond donors (Lipinski definition) is 0. The Bertz CT molecular complexity index is 244. The van der Waals surface area contributed by atoms with Gasteiger partial charge >= 0.3 is 0 Å². The van der Waals surface area contributed by atoms with E-state index in [2.05, 4.69) is 48.2 Å². The molecular weight excluding hydrogens is 239 g/mol. The van der Waals surface area contributed by atoms with E-state index in [0.717, 1.165) is 6.42 Å². The molecule has 1 heterocycles. The Labute approximate surface area is 104 Å². The summed E-state index contributed by atoms with van der Waals surface area (Å²) in [5.41, 5.74) is 0.141. The Morgan fingerprint density at radius 1 is 1.19 bits per heavy atom. The summed E-state index contributed by atoms with van der Waals surface area (Å²) in [4.78, 5) is 0. The van der Waals surface area contributed by atoms with Crippen LogP contribution < -0.4 is 0 Å². The van der Waals surface area contributed by atoms with Crippen LogP contribution in [0.4, 0.5) is 0 Å². The highest BCUT2D eigenvalue weighted by molar-refractivity contribution is 8.50. The zero-order valence-electron chi connectivity index (χ0n) is 11.5. The Hall–Kier alpha value is 0.700. The van der Waals surface area contributed by atoms with Crippen LogP contribution in [0.2, 0.25) is 0 Å². The lowest BCUT2D eigenvalue weighted by molar-refractivity contribution is 0.0128. The van der Waals surface area contributed by atoms with Gasteiger partial charge in [-0.05, 0) is 22.6 Å². The highest BCUT2D eigenvalue weighted by Gasteiger charge is 2.51. The number of ether oxygens (including phenoxy) is 1. The van der Waals surface area contributed by atoms with Crippen LogP contribution in [0.25, 0.3) is 0 Å². The molecule has 0 amide bonds. The van der Waals surface area contributed by atoms with E-state index in [1.54, 1.807) is 0 Å². The average molecular weight is 264 g/mol. The van der Waals surface area contributed by atoms with Gasteiger partial charge in [-0.25, -0.2) is 0 Å². The molecule has 0 bridgehead atoms. The molecule has 2 nitrogen and oxygen atoms in total. The van der Waals surface area contributed by atoms with E-state index in [1.807, 2.05) is 0 Å². The normalized spacial score (nSPS) is 36.8. The molecule has 16 heavy (non-hydrogen) atoms. The monoisotopic (exact) mass is 264 g/mol. The standard InChI is InChI=1S/C12H25O2PS/c1-11(2,3)8-9-14-10(12(4,5)6)16(13)15(9)7/h9-10H,8H2,1-7H3/t9-,10?,15?,16?/m0/s1. The molecule has 1 aliphatic heterocycles. The van der Waals surface area contributed by atoms with E-state index >= 15 is 0 Å². The second-order valence-corrected chi connectivity index (χ2v) is 12.3. The van der Waals surface area contributed by atoms with Gasteiger partial charge in [-0.1, -0.05) is 41.5 Å². The van der Waals surface area contributed by atoms with Crippen molar-refractivity contribution >= 4 is 17.9 Å². The van der Waals surface area contributed by atoms with E-state index in [-0.39, 0.29) is 22.1 Å². The third-order valence-electron chi connectivity index (χ3n) is 2.65. The molecule has 4 heteroatoms. The van der Waals surface area contributed by atoms with Crippen molar-refractivity contribution in [2.24, 2.45) is 10.8 Å². The van der Waals surface area contributed by atoms with E-state index in [9.17, 15) is 4.55 Å². The van der Waals surface area contributed by atoms with E-state index in [0.29, 0.717) is 0 Å². The summed E-state index contributed by atoms with van der Waals surface area (Å²) >= 11 is 0. The summed E-state index contributed by atoms with van der Waals surface area (Å²) in [6.07, 6.45) is 1.01. The summed E-state index contributed by atoms with van der Waals surface area (Å²) in [7, 11) is -1.30. The van der Waals surface area contributed by atoms with Crippen molar-refractivity contribution in [3.63, 3.8) is 0 Å². The van der Waals surface area contributed by atoms with Crippen molar-refractivity contribution in [1.29, 1.82) is 0 Å². The van der Waals surface area contributed by atoms with Gasteiger partial charge in [0.05, 0.1) is 0 Å². The van der Waals surface area contributed by atoms with Crippen LogP contribution in [0.3, 0.4) is 0 Å². The van der Waals surface area contributed by atoms with Gasteiger partial charge in [0.15, 0.2) is 0 Å². The maximum atomic E-state index is 12.3. The average Bonchev–Trinajstić information content (AvgIpc) is 2.28. The Morgan fingerprint density at radius 3 is 2.00 bits per heavy atom. The first-order valence-electron chi connectivity index (χ1n) is 5.81. The van der Waals surface area contributed by atoms with Gasteiger partial charge in [0.1, 0.15) is 13.0 Å². The summed E-state index contributed by atoms with van der Waals surface area (Å²) in [5, 5.41) is 0. The second-order valence-electron chi connectivity index (χ2n) is 6.88. The van der Waals surface area contributed by atoms with Gasteiger partial charge in [0.25, 0.3) is 0 Å². The largest absolute Gasteiger partial charge is 0.613 e. The molecule has 3 unspecified atom stereocenters. The van der Waals surface area contributed by atoms with Crippen molar-refractivity contribution in [2.75, 3.05) is 6.66 Å². The summed E-state index contributed by atoms with van der Waals surface area (Å²) < 4.78 is 18.3. The molecule has 96 valence electrons. The minimum atomic E-state index is -0.797. The molecule has 0 aliphatic carbocycles. The minimum Gasteiger partial charge on any atom is -0.613 e. The predicted octanol–water partition coefficient (Wildman–Crippen LogP) is 3.93. The van der Waals surface area contributed by atoms with Crippen molar-refractivity contribution in [3.05, 3.63) is 0 Å². The van der Waals surface area contributed by atoms with Crippen molar-refractivity contribution < 1.29 is 9.29 Å². The fourth-order valence-electron chi connectivity index (χ4n) is 1.75. The molecule has 1 rings (SSSR count). The summed E-state index contributed by atoms with van der Waals surface area (Å²) in [6, 6.07) is 0. The van der Waals surface area contributed by atoms with Crippen LogP contribution >= 0.6 is 7.12 Å². The zero-order valence-corrected chi connectivity index (χ0v) is 13.2. The molecule has 0 aromatic carbocycles. The molecule has 0 aromatic rings. The smallest absolute Gasteiger partial charge is 0.223 e. The first-order valence-corrected chi connectivity index (χ1v) is 9.49. The van der Waals surface area contributed by atoms with E-state index in [4.69, 9.17) is 4.74 Å². The molecule has 0 saturated carbocycles. The first-order chi connectivity index (χ1) is 7.02. The summed E-state index contributed by atoms with van der Waals surface area (Å²) in [6.45, 7) is 15.1. The Morgan fingerprint density at radius 2 is 1.69 bits per heavy atom. The molecular formula is C12H25O2PS.